The molecule has 0 spiro atoms. The van der Waals surface area contributed by atoms with Crippen molar-refractivity contribution in [2.24, 2.45) is 0 Å². The van der Waals surface area contributed by atoms with Gasteiger partial charge in [-0.3, -0.25) is 19.5 Å². The molecule has 4 aromatic rings. The van der Waals surface area contributed by atoms with E-state index in [0.29, 0.717) is 41.3 Å². The van der Waals surface area contributed by atoms with E-state index in [1.165, 1.54) is 16.2 Å². The first-order valence-electron chi connectivity index (χ1n) is 8.79. The second-order valence-corrected chi connectivity index (χ2v) is 7.41. The van der Waals surface area contributed by atoms with Crippen LogP contribution in [0.5, 0.6) is 0 Å². The number of carbonyl (C=O) groups is 2. The largest absolute Gasteiger partial charge is 0.274 e. The Balaban J connectivity index is 1.29. The molecule has 0 radical (unpaired) electrons. The predicted molar refractivity (Wildman–Crippen MR) is 102 cm³/mol. The van der Waals surface area contributed by atoms with Crippen molar-refractivity contribution in [1.29, 1.82) is 0 Å². The van der Waals surface area contributed by atoms with Crippen LogP contribution in [0.2, 0.25) is 0 Å². The van der Waals surface area contributed by atoms with Crippen molar-refractivity contribution in [2.75, 3.05) is 6.54 Å². The Kier molecular flexibility index (Phi) is 3.94. The molecule has 2 amide bonds. The highest BCUT2D eigenvalue weighted by Gasteiger charge is 2.34. The van der Waals surface area contributed by atoms with Crippen LogP contribution in [0, 0.1) is 0 Å². The lowest BCUT2D eigenvalue weighted by Gasteiger charge is -2.12. The number of nitrogens with zero attached hydrogens (tertiary/aromatic N) is 6. The zero-order chi connectivity index (χ0) is 19.1. The van der Waals surface area contributed by atoms with Crippen molar-refractivity contribution in [2.45, 2.75) is 12.8 Å². The van der Waals surface area contributed by atoms with Crippen LogP contribution in [0.3, 0.4) is 0 Å². The number of rotatable bonds is 5. The Morgan fingerprint density at radius 1 is 0.964 bits per heavy atom. The molecule has 0 N–H and O–H groups in total. The van der Waals surface area contributed by atoms with Gasteiger partial charge in [0.2, 0.25) is 4.96 Å². The molecule has 1 aromatic carbocycles. The van der Waals surface area contributed by atoms with Crippen LogP contribution in [0.25, 0.3) is 16.3 Å². The zero-order valence-electron chi connectivity index (χ0n) is 14.6. The lowest BCUT2D eigenvalue weighted by Crippen LogP contribution is -2.30. The van der Waals surface area contributed by atoms with Crippen molar-refractivity contribution in [1.82, 2.24) is 29.7 Å². The quantitative estimate of drug-likeness (QED) is 0.486. The third kappa shape index (κ3) is 2.67. The maximum Gasteiger partial charge on any atom is 0.261 e. The van der Waals surface area contributed by atoms with Gasteiger partial charge in [0, 0.05) is 30.9 Å². The minimum atomic E-state index is -0.224. The Hall–Kier alpha value is -3.46. The molecule has 0 aliphatic carbocycles. The number of imide groups is 1. The van der Waals surface area contributed by atoms with Crippen LogP contribution in [0.15, 0.2) is 48.8 Å². The number of aryl methyl sites for hydroxylation is 1. The van der Waals surface area contributed by atoms with Crippen molar-refractivity contribution >= 4 is 28.1 Å². The average Bonchev–Trinajstić information content (AvgIpc) is 3.37. The van der Waals surface area contributed by atoms with E-state index in [0.717, 1.165) is 10.6 Å². The fraction of sp³-hybridized carbons (Fsp3) is 0.158. The highest BCUT2D eigenvalue weighted by molar-refractivity contribution is 7.16. The zero-order valence-corrected chi connectivity index (χ0v) is 15.5. The highest BCUT2D eigenvalue weighted by atomic mass is 32.1. The Bertz CT molecular complexity index is 1160. The smallest absolute Gasteiger partial charge is 0.261 e. The number of carbonyl (C=O) groups excluding carboxylic acids is 2. The minimum absolute atomic E-state index is 0.224. The van der Waals surface area contributed by atoms with Gasteiger partial charge in [-0.15, -0.1) is 10.2 Å². The average molecular weight is 390 g/mol. The van der Waals surface area contributed by atoms with Gasteiger partial charge < -0.3 is 0 Å². The molecule has 0 bridgehead atoms. The van der Waals surface area contributed by atoms with Gasteiger partial charge in [0.15, 0.2) is 5.82 Å². The highest BCUT2D eigenvalue weighted by Crippen LogP contribution is 2.24. The van der Waals surface area contributed by atoms with Gasteiger partial charge >= 0.3 is 0 Å². The van der Waals surface area contributed by atoms with Crippen LogP contribution >= 0.6 is 11.3 Å². The molecule has 0 atom stereocenters. The number of hydrogen-bond acceptors (Lipinski definition) is 7. The summed E-state index contributed by atoms with van der Waals surface area (Å²) in [6.45, 7) is 0.363. The summed E-state index contributed by atoms with van der Waals surface area (Å²) in [4.78, 5) is 30.9. The molecular formula is C19H14N6O2S. The number of pyridine rings is 1. The minimum Gasteiger partial charge on any atom is -0.274 e. The summed E-state index contributed by atoms with van der Waals surface area (Å²) in [5.41, 5.74) is 1.80. The molecule has 0 saturated heterocycles. The van der Waals surface area contributed by atoms with E-state index in [9.17, 15) is 9.59 Å². The Morgan fingerprint density at radius 3 is 2.46 bits per heavy atom. The van der Waals surface area contributed by atoms with Gasteiger partial charge in [0.1, 0.15) is 5.01 Å². The monoisotopic (exact) mass is 390 g/mol. The van der Waals surface area contributed by atoms with E-state index in [1.54, 1.807) is 41.2 Å². The van der Waals surface area contributed by atoms with Crippen molar-refractivity contribution in [3.8, 4) is 11.4 Å². The van der Waals surface area contributed by atoms with E-state index in [4.69, 9.17) is 0 Å². The molecule has 5 rings (SSSR count). The van der Waals surface area contributed by atoms with E-state index in [-0.39, 0.29) is 11.8 Å². The molecule has 4 heterocycles. The molecule has 28 heavy (non-hydrogen) atoms. The molecule has 3 aromatic heterocycles. The maximum atomic E-state index is 12.4. The Morgan fingerprint density at radius 2 is 1.75 bits per heavy atom. The number of amides is 2. The number of aromatic nitrogens is 5. The van der Waals surface area contributed by atoms with Gasteiger partial charge in [-0.05, 0) is 30.7 Å². The lowest BCUT2D eigenvalue weighted by molar-refractivity contribution is 0.0652. The third-order valence-electron chi connectivity index (χ3n) is 4.60. The second kappa shape index (κ2) is 6.61. The van der Waals surface area contributed by atoms with E-state index in [2.05, 4.69) is 20.3 Å². The first kappa shape index (κ1) is 16.7. The standard InChI is InChI=1S/C19H14N6O2S/c26-17-13-6-1-2-7-14(13)18(27)24(17)10-4-8-15-23-25-16(21-22-19(25)28-15)12-5-3-9-20-11-12/h1-3,5-7,9,11H,4,8,10H2. The number of benzene rings is 1. The third-order valence-corrected chi connectivity index (χ3v) is 5.56. The normalized spacial score (nSPS) is 13.5. The first-order valence-corrected chi connectivity index (χ1v) is 9.61. The summed E-state index contributed by atoms with van der Waals surface area (Å²) < 4.78 is 1.71. The van der Waals surface area contributed by atoms with Crippen molar-refractivity contribution < 1.29 is 9.59 Å². The van der Waals surface area contributed by atoms with Gasteiger partial charge in [0.25, 0.3) is 11.8 Å². The predicted octanol–water partition coefficient (Wildman–Crippen LogP) is 2.48. The Labute approximate surface area is 163 Å². The SMILES string of the molecule is O=C1c2ccccc2C(=O)N1CCCc1nn2c(-c3cccnc3)nnc2s1. The second-order valence-electron chi connectivity index (χ2n) is 6.37. The number of fused-ring (bicyclic) bond motifs is 2. The molecule has 8 nitrogen and oxygen atoms in total. The molecule has 0 saturated carbocycles. The van der Waals surface area contributed by atoms with Crippen molar-refractivity contribution in [3.63, 3.8) is 0 Å². The summed E-state index contributed by atoms with van der Waals surface area (Å²) in [5.74, 6) is 0.196. The van der Waals surface area contributed by atoms with Crippen molar-refractivity contribution in [3.05, 3.63) is 64.9 Å². The van der Waals surface area contributed by atoms with Gasteiger partial charge in [0.05, 0.1) is 11.1 Å². The fourth-order valence-electron chi connectivity index (χ4n) is 3.26. The molecule has 0 unspecified atom stereocenters. The summed E-state index contributed by atoms with van der Waals surface area (Å²) in [6, 6.07) is 10.7. The van der Waals surface area contributed by atoms with Gasteiger partial charge in [-0.1, -0.05) is 23.5 Å². The fourth-order valence-corrected chi connectivity index (χ4v) is 4.14. The van der Waals surface area contributed by atoms with Crippen LogP contribution in [0.4, 0.5) is 0 Å². The summed E-state index contributed by atoms with van der Waals surface area (Å²) in [7, 11) is 0. The van der Waals surface area contributed by atoms with Crippen LogP contribution in [-0.4, -0.2) is 48.1 Å². The molecule has 0 fully saturated rings. The van der Waals surface area contributed by atoms with Gasteiger partial charge in [-0.2, -0.15) is 9.61 Å². The molecule has 1 aliphatic heterocycles. The molecule has 138 valence electrons. The number of hydrogen-bond donors (Lipinski definition) is 0. The van der Waals surface area contributed by atoms with E-state index >= 15 is 0 Å². The van der Waals surface area contributed by atoms with E-state index < -0.39 is 0 Å². The van der Waals surface area contributed by atoms with E-state index in [1.807, 2.05) is 12.1 Å². The van der Waals surface area contributed by atoms with Crippen LogP contribution in [0.1, 0.15) is 32.1 Å². The van der Waals surface area contributed by atoms with Crippen LogP contribution in [-0.2, 0) is 6.42 Å². The van der Waals surface area contributed by atoms with Crippen LogP contribution < -0.4 is 0 Å². The van der Waals surface area contributed by atoms with Gasteiger partial charge in [-0.25, -0.2) is 0 Å². The molecule has 9 heteroatoms. The topological polar surface area (TPSA) is 93.4 Å². The molecular weight excluding hydrogens is 376 g/mol. The summed E-state index contributed by atoms with van der Waals surface area (Å²) in [5, 5.41) is 13.8. The summed E-state index contributed by atoms with van der Waals surface area (Å²) in [6.07, 6.45) is 4.71. The molecule has 1 aliphatic rings. The first-order chi connectivity index (χ1) is 13.7. The summed E-state index contributed by atoms with van der Waals surface area (Å²) >= 11 is 1.45. The lowest BCUT2D eigenvalue weighted by atomic mass is 10.1. The maximum absolute atomic E-state index is 12.4.